The molecule has 0 bridgehead atoms. The summed E-state index contributed by atoms with van der Waals surface area (Å²) in [5.74, 6) is 0.180. The molecular weight excluding hydrogens is 364 g/mol. The van der Waals surface area contributed by atoms with Gasteiger partial charge in [-0.15, -0.1) is 11.3 Å². The van der Waals surface area contributed by atoms with Gasteiger partial charge in [0.25, 0.3) is 0 Å². The lowest BCUT2D eigenvalue weighted by atomic mass is 10.1. The number of hydrogen-bond acceptors (Lipinski definition) is 5. The number of imidazole rings is 1. The van der Waals surface area contributed by atoms with Crippen LogP contribution in [-0.4, -0.2) is 26.6 Å². The van der Waals surface area contributed by atoms with Gasteiger partial charge in [-0.1, -0.05) is 53.7 Å². The van der Waals surface area contributed by atoms with Crippen LogP contribution < -0.4 is 5.32 Å². The summed E-state index contributed by atoms with van der Waals surface area (Å²) < 4.78 is 0. The second-order valence-electron chi connectivity index (χ2n) is 5.80. The molecule has 0 atom stereocenters. The molecule has 5 nitrogen and oxygen atoms in total. The Balaban J connectivity index is 1.36. The molecule has 1 amide bonds. The number of rotatable bonds is 5. The molecule has 0 aliphatic carbocycles. The van der Waals surface area contributed by atoms with Crippen molar-refractivity contribution in [2.75, 3.05) is 11.1 Å². The van der Waals surface area contributed by atoms with Crippen LogP contribution in [0.15, 0.2) is 59.1 Å². The van der Waals surface area contributed by atoms with Crippen molar-refractivity contribution < 1.29 is 4.79 Å². The van der Waals surface area contributed by atoms with E-state index in [0.717, 1.165) is 27.4 Å². The molecule has 2 aromatic heterocycles. The zero-order valence-corrected chi connectivity index (χ0v) is 15.7. The van der Waals surface area contributed by atoms with Crippen LogP contribution >= 0.6 is 23.1 Å². The van der Waals surface area contributed by atoms with Crippen molar-refractivity contribution in [1.82, 2.24) is 15.0 Å². The summed E-state index contributed by atoms with van der Waals surface area (Å²) in [6.45, 7) is 2.05. The van der Waals surface area contributed by atoms with Gasteiger partial charge < -0.3 is 10.3 Å². The first-order valence-corrected chi connectivity index (χ1v) is 9.94. The van der Waals surface area contributed by atoms with Crippen molar-refractivity contribution in [3.8, 4) is 11.3 Å². The summed E-state index contributed by atoms with van der Waals surface area (Å²) in [5.41, 5.74) is 5.00. The van der Waals surface area contributed by atoms with Gasteiger partial charge in [0, 0.05) is 10.9 Å². The normalized spacial score (nSPS) is 11.0. The van der Waals surface area contributed by atoms with E-state index in [4.69, 9.17) is 0 Å². The third-order valence-electron chi connectivity index (χ3n) is 3.81. The maximum absolute atomic E-state index is 12.2. The predicted molar refractivity (Wildman–Crippen MR) is 108 cm³/mol. The van der Waals surface area contributed by atoms with Crippen LogP contribution in [0.25, 0.3) is 22.3 Å². The second kappa shape index (κ2) is 7.31. The molecule has 0 spiro atoms. The van der Waals surface area contributed by atoms with Crippen LogP contribution in [0.3, 0.4) is 0 Å². The number of carbonyl (C=O) groups is 1. The van der Waals surface area contributed by atoms with E-state index in [-0.39, 0.29) is 11.7 Å². The lowest BCUT2D eigenvalue weighted by Crippen LogP contribution is -2.13. The lowest BCUT2D eigenvalue weighted by molar-refractivity contribution is -0.113. The molecule has 130 valence electrons. The first-order valence-electron chi connectivity index (χ1n) is 8.07. The molecule has 0 saturated carbocycles. The first-order chi connectivity index (χ1) is 12.7. The summed E-state index contributed by atoms with van der Waals surface area (Å²) in [4.78, 5) is 24.3. The molecule has 2 aromatic carbocycles. The Bertz CT molecular complexity index is 1020. The number of para-hydroxylation sites is 2. The smallest absolute Gasteiger partial charge is 0.236 e. The number of H-pyrrole nitrogens is 1. The van der Waals surface area contributed by atoms with Crippen molar-refractivity contribution in [2.24, 2.45) is 0 Å². The highest BCUT2D eigenvalue weighted by atomic mass is 32.2. The van der Waals surface area contributed by atoms with Crippen LogP contribution in [0.5, 0.6) is 0 Å². The molecule has 2 heterocycles. The monoisotopic (exact) mass is 380 g/mol. The summed E-state index contributed by atoms with van der Waals surface area (Å²) in [7, 11) is 0. The van der Waals surface area contributed by atoms with Gasteiger partial charge >= 0.3 is 0 Å². The number of nitrogens with zero attached hydrogens (tertiary/aromatic N) is 2. The molecule has 0 aliphatic heterocycles. The number of thioether (sulfide) groups is 1. The highest BCUT2D eigenvalue weighted by Crippen LogP contribution is 2.25. The average Bonchev–Trinajstić information content (AvgIpc) is 3.27. The van der Waals surface area contributed by atoms with Crippen LogP contribution in [0.4, 0.5) is 5.13 Å². The number of amides is 1. The fourth-order valence-corrected chi connectivity index (χ4v) is 3.90. The maximum atomic E-state index is 12.2. The summed E-state index contributed by atoms with van der Waals surface area (Å²) >= 11 is 2.80. The largest absolute Gasteiger partial charge is 0.333 e. The van der Waals surface area contributed by atoms with E-state index in [1.165, 1.54) is 28.7 Å². The van der Waals surface area contributed by atoms with Crippen LogP contribution in [0.2, 0.25) is 0 Å². The van der Waals surface area contributed by atoms with E-state index in [1.54, 1.807) is 0 Å². The van der Waals surface area contributed by atoms with E-state index >= 15 is 0 Å². The van der Waals surface area contributed by atoms with Crippen molar-refractivity contribution in [3.63, 3.8) is 0 Å². The minimum absolute atomic E-state index is 0.0970. The molecule has 0 saturated heterocycles. The Morgan fingerprint density at radius 1 is 1.15 bits per heavy atom. The van der Waals surface area contributed by atoms with Gasteiger partial charge in [0.05, 0.1) is 22.5 Å². The van der Waals surface area contributed by atoms with Crippen LogP contribution in [-0.2, 0) is 4.79 Å². The number of benzene rings is 2. The van der Waals surface area contributed by atoms with Crippen molar-refractivity contribution in [2.45, 2.75) is 12.1 Å². The number of aromatic nitrogens is 3. The Labute approximate surface area is 158 Å². The number of aromatic amines is 1. The summed E-state index contributed by atoms with van der Waals surface area (Å²) in [5, 5.41) is 6.15. The van der Waals surface area contributed by atoms with E-state index < -0.39 is 0 Å². The third kappa shape index (κ3) is 3.79. The molecule has 0 fully saturated rings. The summed E-state index contributed by atoms with van der Waals surface area (Å²) in [6.07, 6.45) is 0. The van der Waals surface area contributed by atoms with E-state index in [1.807, 2.05) is 41.8 Å². The minimum atomic E-state index is -0.0970. The predicted octanol–water partition coefficient (Wildman–Crippen LogP) is 4.73. The molecule has 4 aromatic rings. The van der Waals surface area contributed by atoms with Gasteiger partial charge in [-0.2, -0.15) is 0 Å². The number of hydrogen-bond donors (Lipinski definition) is 2. The molecule has 0 unspecified atom stereocenters. The average molecular weight is 380 g/mol. The zero-order chi connectivity index (χ0) is 17.9. The van der Waals surface area contributed by atoms with Gasteiger partial charge in [0.1, 0.15) is 0 Å². The van der Waals surface area contributed by atoms with Gasteiger partial charge in [-0.25, -0.2) is 9.97 Å². The molecular formula is C19H16N4OS2. The Morgan fingerprint density at radius 3 is 2.77 bits per heavy atom. The van der Waals surface area contributed by atoms with E-state index in [2.05, 4.69) is 39.3 Å². The van der Waals surface area contributed by atoms with Crippen LogP contribution in [0, 0.1) is 6.92 Å². The number of aryl methyl sites for hydroxylation is 1. The highest BCUT2D eigenvalue weighted by molar-refractivity contribution is 7.99. The molecule has 26 heavy (non-hydrogen) atoms. The number of carbonyl (C=O) groups excluding carboxylic acids is 1. The molecule has 7 heteroatoms. The van der Waals surface area contributed by atoms with Gasteiger partial charge in [0.15, 0.2) is 10.3 Å². The third-order valence-corrected chi connectivity index (χ3v) is 5.44. The van der Waals surface area contributed by atoms with E-state index in [9.17, 15) is 4.79 Å². The SMILES string of the molecule is Cc1ccc(-c2csc(NC(=O)CSc3nc4ccccc4[nH]3)n2)cc1. The maximum Gasteiger partial charge on any atom is 0.236 e. The fraction of sp³-hybridized carbons (Fsp3) is 0.105. The van der Waals surface area contributed by atoms with Crippen molar-refractivity contribution >= 4 is 45.2 Å². The lowest BCUT2D eigenvalue weighted by Gasteiger charge is -2.00. The zero-order valence-electron chi connectivity index (χ0n) is 14.0. The number of anilines is 1. The quantitative estimate of drug-likeness (QED) is 0.491. The van der Waals surface area contributed by atoms with Gasteiger partial charge in [0.2, 0.25) is 5.91 Å². The Morgan fingerprint density at radius 2 is 1.96 bits per heavy atom. The molecule has 2 N–H and O–H groups in total. The molecule has 0 aliphatic rings. The summed E-state index contributed by atoms with van der Waals surface area (Å²) in [6, 6.07) is 16.0. The van der Waals surface area contributed by atoms with Gasteiger partial charge in [-0.3, -0.25) is 4.79 Å². The second-order valence-corrected chi connectivity index (χ2v) is 7.62. The number of thiazole rings is 1. The van der Waals surface area contributed by atoms with Crippen molar-refractivity contribution in [3.05, 3.63) is 59.5 Å². The Hall–Kier alpha value is -2.64. The Kier molecular flexibility index (Phi) is 4.73. The topological polar surface area (TPSA) is 70.7 Å². The van der Waals surface area contributed by atoms with Crippen LogP contribution in [0.1, 0.15) is 5.56 Å². The fourth-order valence-electron chi connectivity index (χ4n) is 2.48. The van der Waals surface area contributed by atoms with Crippen molar-refractivity contribution in [1.29, 1.82) is 0 Å². The number of fused-ring (bicyclic) bond motifs is 1. The van der Waals surface area contributed by atoms with E-state index in [0.29, 0.717) is 5.13 Å². The number of nitrogens with one attached hydrogen (secondary N) is 2. The van der Waals surface area contributed by atoms with Gasteiger partial charge in [-0.05, 0) is 19.1 Å². The highest BCUT2D eigenvalue weighted by Gasteiger charge is 2.10. The minimum Gasteiger partial charge on any atom is -0.333 e. The standard InChI is InChI=1S/C19H16N4OS2/c1-12-6-8-13(9-7-12)16-10-25-19(22-16)23-17(24)11-26-18-20-14-4-2-3-5-15(14)21-18/h2-10H,11H2,1H3,(H,20,21)(H,22,23,24). The first kappa shape index (κ1) is 16.8. The molecule has 0 radical (unpaired) electrons. The molecule has 4 rings (SSSR count).